The predicted octanol–water partition coefficient (Wildman–Crippen LogP) is 0.860. The van der Waals surface area contributed by atoms with E-state index in [0.29, 0.717) is 6.04 Å². The van der Waals surface area contributed by atoms with Crippen LogP contribution in [0, 0.1) is 0 Å². The highest BCUT2D eigenvalue weighted by Crippen LogP contribution is 2.27. The fourth-order valence-corrected chi connectivity index (χ4v) is 1.85. The summed E-state index contributed by atoms with van der Waals surface area (Å²) >= 11 is 0. The summed E-state index contributed by atoms with van der Waals surface area (Å²) in [4.78, 5) is 2.34. The number of hydrogen-bond acceptors (Lipinski definition) is 3. The molecule has 0 radical (unpaired) electrons. The van der Waals surface area contributed by atoms with Gasteiger partial charge in [0.15, 0.2) is 0 Å². The number of hydrogen-bond donors (Lipinski definition) is 1. The van der Waals surface area contributed by atoms with Gasteiger partial charge in [-0.2, -0.15) is 5.10 Å². The topological polar surface area (TPSA) is 41.3 Å². The van der Waals surface area contributed by atoms with Gasteiger partial charge >= 0.3 is 0 Å². The van der Waals surface area contributed by atoms with Gasteiger partial charge in [0.25, 0.3) is 0 Å². The quantitative estimate of drug-likeness (QED) is 0.755. The minimum Gasteiger partial charge on any atom is -0.395 e. The lowest BCUT2D eigenvalue weighted by atomic mass is 10.3. The second-order valence-electron chi connectivity index (χ2n) is 4.13. The lowest BCUT2D eigenvalue weighted by Crippen LogP contribution is -2.28. The zero-order chi connectivity index (χ0) is 10.7. The van der Waals surface area contributed by atoms with Crippen molar-refractivity contribution in [1.82, 2.24) is 14.7 Å². The number of aryl methyl sites for hydroxylation is 1. The first kappa shape index (κ1) is 10.6. The second-order valence-corrected chi connectivity index (χ2v) is 4.13. The molecule has 1 aliphatic carbocycles. The smallest absolute Gasteiger partial charge is 0.0558 e. The Balaban J connectivity index is 1.92. The van der Waals surface area contributed by atoms with Crippen molar-refractivity contribution in [3.63, 3.8) is 0 Å². The zero-order valence-electron chi connectivity index (χ0n) is 9.26. The summed E-state index contributed by atoms with van der Waals surface area (Å²) in [6, 6.07) is 0.696. The molecule has 0 spiro atoms. The summed E-state index contributed by atoms with van der Waals surface area (Å²) in [5.74, 6) is 0. The van der Waals surface area contributed by atoms with Gasteiger partial charge < -0.3 is 5.11 Å². The highest BCUT2D eigenvalue weighted by molar-refractivity contribution is 5.05. The van der Waals surface area contributed by atoms with E-state index in [0.717, 1.165) is 19.6 Å². The molecule has 1 saturated carbocycles. The van der Waals surface area contributed by atoms with Crippen molar-refractivity contribution in [1.29, 1.82) is 0 Å². The average molecular weight is 209 g/mol. The van der Waals surface area contributed by atoms with Gasteiger partial charge in [-0.05, 0) is 19.8 Å². The fourth-order valence-electron chi connectivity index (χ4n) is 1.85. The molecule has 0 bridgehead atoms. The minimum atomic E-state index is 0.248. The van der Waals surface area contributed by atoms with Gasteiger partial charge in [-0.1, -0.05) is 0 Å². The van der Waals surface area contributed by atoms with Gasteiger partial charge in [0.1, 0.15) is 0 Å². The molecule has 0 amide bonds. The van der Waals surface area contributed by atoms with Gasteiger partial charge in [-0.3, -0.25) is 9.58 Å². The fraction of sp³-hybridized carbons (Fsp3) is 0.727. The maximum atomic E-state index is 8.98. The van der Waals surface area contributed by atoms with Crippen LogP contribution in [0.5, 0.6) is 0 Å². The Morgan fingerprint density at radius 2 is 2.40 bits per heavy atom. The highest BCUT2D eigenvalue weighted by atomic mass is 16.3. The Morgan fingerprint density at radius 3 is 2.93 bits per heavy atom. The largest absolute Gasteiger partial charge is 0.395 e. The van der Waals surface area contributed by atoms with E-state index in [9.17, 15) is 0 Å². The molecule has 0 unspecified atom stereocenters. The Morgan fingerprint density at radius 1 is 1.60 bits per heavy atom. The van der Waals surface area contributed by atoms with Gasteiger partial charge in [-0.15, -0.1) is 0 Å². The average Bonchev–Trinajstić information content (AvgIpc) is 2.99. The number of aliphatic hydroxyl groups is 1. The van der Waals surface area contributed by atoms with Crippen LogP contribution in [0.1, 0.15) is 25.3 Å². The lowest BCUT2D eigenvalue weighted by Gasteiger charge is -2.19. The summed E-state index contributed by atoms with van der Waals surface area (Å²) in [6.45, 7) is 4.96. The highest BCUT2D eigenvalue weighted by Gasteiger charge is 2.28. The van der Waals surface area contributed by atoms with E-state index in [1.165, 1.54) is 18.4 Å². The number of nitrogens with zero attached hydrogens (tertiary/aromatic N) is 3. The molecule has 1 N–H and O–H groups in total. The van der Waals surface area contributed by atoms with Crippen molar-refractivity contribution in [2.75, 3.05) is 13.2 Å². The Bertz CT molecular complexity index is 307. The van der Waals surface area contributed by atoms with E-state index in [1.807, 2.05) is 10.9 Å². The molecular weight excluding hydrogens is 190 g/mol. The van der Waals surface area contributed by atoms with Crippen molar-refractivity contribution >= 4 is 0 Å². The first-order valence-electron chi connectivity index (χ1n) is 5.69. The van der Waals surface area contributed by atoms with Gasteiger partial charge in [-0.25, -0.2) is 0 Å². The molecule has 2 rings (SSSR count). The SMILES string of the molecule is CCn1cc(CN(CCO)C2CC2)cn1. The predicted molar refractivity (Wildman–Crippen MR) is 58.4 cm³/mol. The molecule has 0 aliphatic heterocycles. The standard InChI is InChI=1S/C11H19N3O/c1-2-14-9-10(7-12-14)8-13(5-6-15)11-3-4-11/h7,9,11,15H,2-6,8H2,1H3. The van der Waals surface area contributed by atoms with E-state index in [-0.39, 0.29) is 6.61 Å². The molecule has 15 heavy (non-hydrogen) atoms. The molecule has 0 aromatic carbocycles. The van der Waals surface area contributed by atoms with Crippen LogP contribution < -0.4 is 0 Å². The Kier molecular flexibility index (Phi) is 3.38. The van der Waals surface area contributed by atoms with E-state index < -0.39 is 0 Å². The maximum absolute atomic E-state index is 8.98. The molecular formula is C11H19N3O. The van der Waals surface area contributed by atoms with Crippen LogP contribution >= 0.6 is 0 Å². The summed E-state index contributed by atoms with van der Waals surface area (Å²) in [7, 11) is 0. The monoisotopic (exact) mass is 209 g/mol. The van der Waals surface area contributed by atoms with Crippen molar-refractivity contribution in [3.05, 3.63) is 18.0 Å². The Hall–Kier alpha value is -0.870. The van der Waals surface area contributed by atoms with E-state index in [1.54, 1.807) is 0 Å². The number of rotatable bonds is 6. The molecule has 1 fully saturated rings. The van der Waals surface area contributed by atoms with Crippen LogP contribution in [0.15, 0.2) is 12.4 Å². The third-order valence-electron chi connectivity index (χ3n) is 2.85. The van der Waals surface area contributed by atoms with E-state index in [2.05, 4.69) is 23.1 Å². The minimum absolute atomic E-state index is 0.248. The van der Waals surface area contributed by atoms with Crippen molar-refractivity contribution in [3.8, 4) is 0 Å². The van der Waals surface area contributed by atoms with E-state index >= 15 is 0 Å². The normalized spacial score (nSPS) is 16.2. The van der Waals surface area contributed by atoms with Gasteiger partial charge in [0, 0.05) is 37.4 Å². The molecule has 0 atom stereocenters. The Labute approximate surface area is 90.5 Å². The first-order valence-corrected chi connectivity index (χ1v) is 5.69. The van der Waals surface area contributed by atoms with Crippen LogP contribution in [0.4, 0.5) is 0 Å². The number of aromatic nitrogens is 2. The lowest BCUT2D eigenvalue weighted by molar-refractivity contribution is 0.183. The van der Waals surface area contributed by atoms with Crippen molar-refractivity contribution in [2.24, 2.45) is 0 Å². The second kappa shape index (κ2) is 4.77. The summed E-state index contributed by atoms with van der Waals surface area (Å²) in [6.07, 6.45) is 6.58. The maximum Gasteiger partial charge on any atom is 0.0558 e. The van der Waals surface area contributed by atoms with Crippen LogP contribution in [0.3, 0.4) is 0 Å². The summed E-state index contributed by atoms with van der Waals surface area (Å²) in [5, 5.41) is 13.2. The molecule has 4 heteroatoms. The zero-order valence-corrected chi connectivity index (χ0v) is 9.26. The third-order valence-corrected chi connectivity index (χ3v) is 2.85. The van der Waals surface area contributed by atoms with Crippen LogP contribution in [0.2, 0.25) is 0 Å². The molecule has 4 nitrogen and oxygen atoms in total. The number of aliphatic hydroxyl groups excluding tert-OH is 1. The molecule has 1 aromatic rings. The summed E-state index contributed by atoms with van der Waals surface area (Å²) in [5.41, 5.74) is 1.25. The van der Waals surface area contributed by atoms with Crippen molar-refractivity contribution < 1.29 is 5.11 Å². The molecule has 1 aliphatic rings. The molecule has 1 heterocycles. The van der Waals surface area contributed by atoms with Crippen LogP contribution in [0.25, 0.3) is 0 Å². The van der Waals surface area contributed by atoms with Gasteiger partial charge in [0.2, 0.25) is 0 Å². The van der Waals surface area contributed by atoms with E-state index in [4.69, 9.17) is 5.11 Å². The molecule has 0 saturated heterocycles. The first-order chi connectivity index (χ1) is 7.33. The van der Waals surface area contributed by atoms with Crippen molar-refractivity contribution in [2.45, 2.75) is 38.9 Å². The molecule has 84 valence electrons. The van der Waals surface area contributed by atoms with Crippen LogP contribution in [-0.2, 0) is 13.1 Å². The third kappa shape index (κ3) is 2.79. The molecule has 1 aromatic heterocycles. The summed E-state index contributed by atoms with van der Waals surface area (Å²) < 4.78 is 1.94. The van der Waals surface area contributed by atoms with Crippen LogP contribution in [-0.4, -0.2) is 39.0 Å². The van der Waals surface area contributed by atoms with Gasteiger partial charge in [0.05, 0.1) is 12.8 Å².